The Labute approximate surface area is 152 Å². The third kappa shape index (κ3) is 4.72. The Hall–Kier alpha value is -1.56. The normalized spacial score (nSPS) is 13.4. The van der Waals surface area contributed by atoms with Crippen molar-refractivity contribution in [2.45, 2.75) is 32.1 Å². The fourth-order valence-electron chi connectivity index (χ4n) is 2.78. The van der Waals surface area contributed by atoms with Crippen LogP contribution in [0, 0.1) is 0 Å². The molecule has 1 aromatic carbocycles. The minimum atomic E-state index is -0.0290. The number of benzene rings is 1. The molecule has 3 rings (SSSR count). The number of fused-ring (bicyclic) bond motifs is 1. The monoisotopic (exact) mass is 366 g/mol. The fraction of sp³-hybridized carbons (Fsp3) is 0.389. The number of nitrogens with two attached hydrogens (primary N) is 1. The first kappa shape index (κ1) is 18.8. The number of amides is 1. The first-order valence-corrected chi connectivity index (χ1v) is 8.94. The summed E-state index contributed by atoms with van der Waals surface area (Å²) in [5, 5.41) is 2.96. The van der Waals surface area contributed by atoms with Crippen LogP contribution < -0.4 is 15.8 Å². The Kier molecular flexibility index (Phi) is 7.09. The molecule has 1 aromatic heterocycles. The molecule has 0 fully saturated rings. The standard InChI is InChI=1S/C18H22N2O2S.ClH/c19-10-11-22-15-8-6-14(7-9-15)20-18(21)17-12-13-4-2-1-3-5-16(13)23-17;/h6-9,12H,1-5,10-11,19H2,(H,20,21);1H. The highest BCUT2D eigenvalue weighted by atomic mass is 35.5. The highest BCUT2D eigenvalue weighted by Crippen LogP contribution is 2.29. The Morgan fingerprint density at radius 2 is 1.92 bits per heavy atom. The third-order valence-corrected chi connectivity index (χ3v) is 5.21. The van der Waals surface area contributed by atoms with Gasteiger partial charge in [-0.15, -0.1) is 23.7 Å². The molecule has 1 aliphatic carbocycles. The number of thiophene rings is 1. The van der Waals surface area contributed by atoms with Crippen molar-refractivity contribution in [1.82, 2.24) is 0 Å². The van der Waals surface area contributed by atoms with Gasteiger partial charge in [-0.2, -0.15) is 0 Å². The average molecular weight is 367 g/mol. The largest absolute Gasteiger partial charge is 0.492 e. The lowest BCUT2D eigenvalue weighted by molar-refractivity contribution is 0.103. The number of hydrogen-bond acceptors (Lipinski definition) is 4. The van der Waals surface area contributed by atoms with Crippen LogP contribution in [0.1, 0.15) is 39.4 Å². The van der Waals surface area contributed by atoms with Crippen LogP contribution in [-0.2, 0) is 12.8 Å². The van der Waals surface area contributed by atoms with Crippen LogP contribution >= 0.6 is 23.7 Å². The van der Waals surface area contributed by atoms with Crippen LogP contribution in [-0.4, -0.2) is 19.1 Å². The molecule has 3 N–H and O–H groups in total. The van der Waals surface area contributed by atoms with Gasteiger partial charge in [0, 0.05) is 17.1 Å². The average Bonchev–Trinajstić information content (AvgIpc) is 2.85. The molecular weight excluding hydrogens is 344 g/mol. The maximum absolute atomic E-state index is 12.4. The van der Waals surface area contributed by atoms with Gasteiger partial charge in [0.25, 0.3) is 5.91 Å². The number of carbonyl (C=O) groups excluding carboxylic acids is 1. The molecule has 0 saturated heterocycles. The first-order valence-electron chi connectivity index (χ1n) is 8.12. The van der Waals surface area contributed by atoms with E-state index in [0.29, 0.717) is 13.2 Å². The maximum Gasteiger partial charge on any atom is 0.265 e. The van der Waals surface area contributed by atoms with E-state index >= 15 is 0 Å². The molecule has 2 aromatic rings. The van der Waals surface area contributed by atoms with Crippen molar-refractivity contribution < 1.29 is 9.53 Å². The molecule has 0 atom stereocenters. The number of aryl methyl sites for hydroxylation is 2. The van der Waals surface area contributed by atoms with Crippen LogP contribution in [0.15, 0.2) is 30.3 Å². The predicted molar refractivity (Wildman–Crippen MR) is 102 cm³/mol. The molecule has 1 aliphatic rings. The fourth-order valence-corrected chi connectivity index (χ4v) is 3.93. The van der Waals surface area contributed by atoms with Gasteiger partial charge in [0.1, 0.15) is 12.4 Å². The summed E-state index contributed by atoms with van der Waals surface area (Å²) in [5.74, 6) is 0.731. The van der Waals surface area contributed by atoms with Crippen molar-refractivity contribution >= 4 is 35.3 Å². The number of rotatable bonds is 5. The molecule has 0 unspecified atom stereocenters. The smallest absolute Gasteiger partial charge is 0.265 e. The van der Waals surface area contributed by atoms with Gasteiger partial charge in [-0.3, -0.25) is 4.79 Å². The highest BCUT2D eigenvalue weighted by Gasteiger charge is 2.16. The Balaban J connectivity index is 0.00000208. The quantitative estimate of drug-likeness (QED) is 0.785. The van der Waals surface area contributed by atoms with Crippen molar-refractivity contribution in [2.24, 2.45) is 5.73 Å². The minimum absolute atomic E-state index is 0. The molecule has 1 heterocycles. The van der Waals surface area contributed by atoms with E-state index in [-0.39, 0.29) is 18.3 Å². The molecule has 0 spiro atoms. The summed E-state index contributed by atoms with van der Waals surface area (Å²) in [5.41, 5.74) is 7.55. The molecule has 130 valence electrons. The Bertz CT molecular complexity index is 647. The van der Waals surface area contributed by atoms with Crippen LogP contribution in [0.25, 0.3) is 0 Å². The van der Waals surface area contributed by atoms with Gasteiger partial charge in [0.15, 0.2) is 0 Å². The molecule has 0 saturated carbocycles. The van der Waals surface area contributed by atoms with Crippen molar-refractivity contribution in [3.05, 3.63) is 45.6 Å². The van der Waals surface area contributed by atoms with Gasteiger partial charge in [-0.1, -0.05) is 6.42 Å². The Morgan fingerprint density at radius 1 is 1.17 bits per heavy atom. The van der Waals surface area contributed by atoms with Crippen molar-refractivity contribution in [3.63, 3.8) is 0 Å². The molecule has 24 heavy (non-hydrogen) atoms. The summed E-state index contributed by atoms with van der Waals surface area (Å²) in [6.07, 6.45) is 5.97. The van der Waals surface area contributed by atoms with E-state index in [1.807, 2.05) is 24.3 Å². The van der Waals surface area contributed by atoms with Gasteiger partial charge in [0.05, 0.1) is 4.88 Å². The zero-order valence-electron chi connectivity index (χ0n) is 13.5. The van der Waals surface area contributed by atoms with Crippen molar-refractivity contribution in [3.8, 4) is 5.75 Å². The first-order chi connectivity index (χ1) is 11.3. The van der Waals surface area contributed by atoms with Crippen LogP contribution in [0.3, 0.4) is 0 Å². The van der Waals surface area contributed by atoms with Crippen LogP contribution in [0.5, 0.6) is 5.75 Å². The number of anilines is 1. The number of carbonyl (C=O) groups is 1. The maximum atomic E-state index is 12.4. The van der Waals surface area contributed by atoms with E-state index in [4.69, 9.17) is 10.5 Å². The van der Waals surface area contributed by atoms with Crippen molar-refractivity contribution in [2.75, 3.05) is 18.5 Å². The summed E-state index contributed by atoms with van der Waals surface area (Å²) >= 11 is 1.64. The lowest BCUT2D eigenvalue weighted by atomic mass is 10.1. The lowest BCUT2D eigenvalue weighted by Crippen LogP contribution is -2.11. The summed E-state index contributed by atoms with van der Waals surface area (Å²) < 4.78 is 5.43. The molecular formula is C18H23ClN2O2S. The number of nitrogens with one attached hydrogen (secondary N) is 1. The summed E-state index contributed by atoms with van der Waals surface area (Å²) in [6.45, 7) is 0.980. The van der Waals surface area contributed by atoms with E-state index in [2.05, 4.69) is 11.4 Å². The van der Waals surface area contributed by atoms with Gasteiger partial charge >= 0.3 is 0 Å². The summed E-state index contributed by atoms with van der Waals surface area (Å²) in [6, 6.07) is 9.45. The minimum Gasteiger partial charge on any atom is -0.492 e. The van der Waals surface area contributed by atoms with Gasteiger partial charge in [-0.25, -0.2) is 0 Å². The van der Waals surface area contributed by atoms with Crippen LogP contribution in [0.4, 0.5) is 5.69 Å². The zero-order valence-corrected chi connectivity index (χ0v) is 15.2. The van der Waals surface area contributed by atoms with Crippen LogP contribution in [0.2, 0.25) is 0 Å². The molecule has 0 radical (unpaired) electrons. The summed E-state index contributed by atoms with van der Waals surface area (Å²) in [7, 11) is 0. The van der Waals surface area contributed by atoms with Gasteiger partial charge in [0.2, 0.25) is 0 Å². The van der Waals surface area contributed by atoms with E-state index in [1.165, 1.54) is 29.7 Å². The van der Waals surface area contributed by atoms with E-state index in [9.17, 15) is 4.79 Å². The number of halogens is 1. The van der Waals surface area contributed by atoms with Gasteiger partial charge < -0.3 is 15.8 Å². The number of ether oxygens (including phenoxy) is 1. The second-order valence-corrected chi connectivity index (χ2v) is 6.87. The Morgan fingerprint density at radius 3 is 2.67 bits per heavy atom. The predicted octanol–water partition coefficient (Wildman–Crippen LogP) is 4.03. The second-order valence-electron chi connectivity index (χ2n) is 5.74. The van der Waals surface area contributed by atoms with Crippen molar-refractivity contribution in [1.29, 1.82) is 0 Å². The molecule has 4 nitrogen and oxygen atoms in total. The third-order valence-electron chi connectivity index (χ3n) is 3.97. The lowest BCUT2D eigenvalue weighted by Gasteiger charge is -2.07. The number of hydrogen-bond donors (Lipinski definition) is 2. The van der Waals surface area contributed by atoms with Gasteiger partial charge in [-0.05, 0) is 61.6 Å². The van der Waals surface area contributed by atoms with E-state index < -0.39 is 0 Å². The molecule has 0 bridgehead atoms. The van der Waals surface area contributed by atoms with E-state index in [0.717, 1.165) is 29.2 Å². The summed E-state index contributed by atoms with van der Waals surface area (Å²) in [4.78, 5) is 14.6. The second kappa shape index (κ2) is 9.06. The highest BCUT2D eigenvalue weighted by molar-refractivity contribution is 7.14. The zero-order chi connectivity index (χ0) is 16.1. The SMILES string of the molecule is Cl.NCCOc1ccc(NC(=O)c2cc3c(s2)CCCCC3)cc1. The molecule has 1 amide bonds. The molecule has 0 aliphatic heterocycles. The van der Waals surface area contributed by atoms with E-state index in [1.54, 1.807) is 11.3 Å². The molecule has 6 heteroatoms. The topological polar surface area (TPSA) is 64.3 Å².